The summed E-state index contributed by atoms with van der Waals surface area (Å²) >= 11 is 0. The summed E-state index contributed by atoms with van der Waals surface area (Å²) in [5.41, 5.74) is 3.53. The third-order valence-corrected chi connectivity index (χ3v) is 4.35. The fraction of sp³-hybridized carbons (Fsp3) is 0.316. The maximum absolute atomic E-state index is 8.86. The van der Waals surface area contributed by atoms with E-state index < -0.39 is 0 Å². The molecule has 1 aliphatic rings. The summed E-state index contributed by atoms with van der Waals surface area (Å²) in [6.45, 7) is 3.36. The standard InChI is InChI=1S/C19H20N2/c20-14-16-6-8-18(9-7-16)19-10-12-21(13-11-19)15-17-4-2-1-3-5-17/h1-9,19H,10-13,15H2. The summed E-state index contributed by atoms with van der Waals surface area (Å²) in [5.74, 6) is 0.643. The number of nitriles is 1. The Bertz CT molecular complexity index is 602. The normalized spacial score (nSPS) is 16.5. The van der Waals surface area contributed by atoms with Gasteiger partial charge >= 0.3 is 0 Å². The second-order valence-electron chi connectivity index (χ2n) is 5.77. The van der Waals surface area contributed by atoms with Crippen molar-refractivity contribution in [3.05, 3.63) is 71.3 Å². The second-order valence-corrected chi connectivity index (χ2v) is 5.77. The van der Waals surface area contributed by atoms with E-state index in [1.165, 1.54) is 24.0 Å². The first kappa shape index (κ1) is 13.9. The van der Waals surface area contributed by atoms with Crippen molar-refractivity contribution < 1.29 is 0 Å². The van der Waals surface area contributed by atoms with Crippen molar-refractivity contribution in [1.82, 2.24) is 4.90 Å². The third kappa shape index (κ3) is 3.51. The highest BCUT2D eigenvalue weighted by Crippen LogP contribution is 2.28. The maximum atomic E-state index is 8.86. The number of benzene rings is 2. The van der Waals surface area contributed by atoms with Gasteiger partial charge in [-0.3, -0.25) is 4.90 Å². The van der Waals surface area contributed by atoms with Crippen molar-refractivity contribution >= 4 is 0 Å². The van der Waals surface area contributed by atoms with Gasteiger partial charge in [-0.05, 0) is 55.1 Å². The lowest BCUT2D eigenvalue weighted by Crippen LogP contribution is -2.32. The molecular weight excluding hydrogens is 256 g/mol. The van der Waals surface area contributed by atoms with E-state index in [1.807, 2.05) is 12.1 Å². The van der Waals surface area contributed by atoms with E-state index in [0.29, 0.717) is 5.92 Å². The predicted octanol–water partition coefficient (Wildman–Crippen LogP) is 3.94. The molecule has 2 heteroatoms. The first-order valence-corrected chi connectivity index (χ1v) is 7.61. The number of hydrogen-bond donors (Lipinski definition) is 0. The quantitative estimate of drug-likeness (QED) is 0.849. The lowest BCUT2D eigenvalue weighted by Gasteiger charge is -2.32. The van der Waals surface area contributed by atoms with Crippen molar-refractivity contribution in [1.29, 1.82) is 5.26 Å². The van der Waals surface area contributed by atoms with E-state index in [4.69, 9.17) is 5.26 Å². The van der Waals surface area contributed by atoms with Crippen molar-refractivity contribution in [2.75, 3.05) is 13.1 Å². The van der Waals surface area contributed by atoms with E-state index in [1.54, 1.807) is 0 Å². The number of hydrogen-bond acceptors (Lipinski definition) is 2. The maximum Gasteiger partial charge on any atom is 0.0991 e. The zero-order chi connectivity index (χ0) is 14.5. The fourth-order valence-corrected chi connectivity index (χ4v) is 3.10. The minimum atomic E-state index is 0.643. The van der Waals surface area contributed by atoms with Gasteiger partial charge in [0.15, 0.2) is 0 Å². The first-order valence-electron chi connectivity index (χ1n) is 7.61. The molecule has 0 atom stereocenters. The van der Waals surface area contributed by atoms with Gasteiger partial charge in [0.1, 0.15) is 0 Å². The summed E-state index contributed by atoms with van der Waals surface area (Å²) < 4.78 is 0. The molecule has 2 aromatic carbocycles. The van der Waals surface area contributed by atoms with Gasteiger partial charge in [-0.2, -0.15) is 5.26 Å². The Balaban J connectivity index is 1.56. The topological polar surface area (TPSA) is 27.0 Å². The van der Waals surface area contributed by atoms with Crippen molar-refractivity contribution in [2.45, 2.75) is 25.3 Å². The predicted molar refractivity (Wildman–Crippen MR) is 84.9 cm³/mol. The number of piperidine rings is 1. The molecule has 0 saturated carbocycles. The Morgan fingerprint density at radius 1 is 0.952 bits per heavy atom. The Hall–Kier alpha value is -2.11. The largest absolute Gasteiger partial charge is 0.299 e. The van der Waals surface area contributed by atoms with Crippen LogP contribution in [0.5, 0.6) is 0 Å². The SMILES string of the molecule is N#Cc1ccc(C2CCN(Cc3ccccc3)CC2)cc1. The molecule has 1 heterocycles. The molecule has 106 valence electrons. The second kappa shape index (κ2) is 6.56. The Kier molecular flexibility index (Phi) is 4.33. The summed E-state index contributed by atoms with van der Waals surface area (Å²) in [7, 11) is 0. The Morgan fingerprint density at radius 2 is 1.62 bits per heavy atom. The van der Waals surface area contributed by atoms with Crippen LogP contribution in [0.3, 0.4) is 0 Å². The van der Waals surface area contributed by atoms with Crippen LogP contribution in [0.4, 0.5) is 0 Å². The number of rotatable bonds is 3. The summed E-state index contributed by atoms with van der Waals surface area (Å²) in [5, 5.41) is 8.86. The molecule has 0 N–H and O–H groups in total. The Labute approximate surface area is 126 Å². The van der Waals surface area contributed by atoms with E-state index in [2.05, 4.69) is 53.4 Å². The molecule has 0 radical (unpaired) electrons. The van der Waals surface area contributed by atoms with Crippen molar-refractivity contribution in [3.63, 3.8) is 0 Å². The third-order valence-electron chi connectivity index (χ3n) is 4.35. The van der Waals surface area contributed by atoms with Crippen molar-refractivity contribution in [2.24, 2.45) is 0 Å². The van der Waals surface area contributed by atoms with Crippen LogP contribution in [-0.2, 0) is 6.54 Å². The average molecular weight is 276 g/mol. The highest BCUT2D eigenvalue weighted by Gasteiger charge is 2.20. The molecule has 0 bridgehead atoms. The summed E-state index contributed by atoms with van der Waals surface area (Å²) in [6, 6.07) is 21.0. The average Bonchev–Trinajstić information content (AvgIpc) is 2.57. The summed E-state index contributed by atoms with van der Waals surface area (Å²) in [6.07, 6.45) is 2.41. The molecule has 2 aromatic rings. The van der Waals surface area contributed by atoms with Gasteiger partial charge < -0.3 is 0 Å². The van der Waals surface area contributed by atoms with Gasteiger partial charge in [-0.25, -0.2) is 0 Å². The molecule has 0 amide bonds. The van der Waals surface area contributed by atoms with Crippen LogP contribution in [0.1, 0.15) is 35.4 Å². The zero-order valence-corrected chi connectivity index (χ0v) is 12.2. The molecule has 1 aliphatic heterocycles. The fourth-order valence-electron chi connectivity index (χ4n) is 3.10. The van der Waals surface area contributed by atoms with Gasteiger partial charge in [-0.15, -0.1) is 0 Å². The highest BCUT2D eigenvalue weighted by molar-refractivity contribution is 5.33. The van der Waals surface area contributed by atoms with Crippen LogP contribution >= 0.6 is 0 Å². The lowest BCUT2D eigenvalue weighted by molar-refractivity contribution is 0.204. The minimum absolute atomic E-state index is 0.643. The van der Waals surface area contributed by atoms with Gasteiger partial charge in [0.25, 0.3) is 0 Å². The minimum Gasteiger partial charge on any atom is -0.299 e. The van der Waals surface area contributed by atoms with E-state index in [-0.39, 0.29) is 0 Å². The van der Waals surface area contributed by atoms with E-state index >= 15 is 0 Å². The van der Waals surface area contributed by atoms with Crippen LogP contribution in [0.15, 0.2) is 54.6 Å². The van der Waals surface area contributed by atoms with Crippen LogP contribution in [0.25, 0.3) is 0 Å². The molecular formula is C19H20N2. The molecule has 21 heavy (non-hydrogen) atoms. The number of nitrogens with zero attached hydrogens (tertiary/aromatic N) is 2. The molecule has 1 saturated heterocycles. The highest BCUT2D eigenvalue weighted by atomic mass is 15.1. The first-order chi connectivity index (χ1) is 10.3. The van der Waals surface area contributed by atoms with Gasteiger partial charge in [0.05, 0.1) is 11.6 Å². The molecule has 0 aliphatic carbocycles. The molecule has 3 rings (SSSR count). The molecule has 0 aromatic heterocycles. The summed E-state index contributed by atoms with van der Waals surface area (Å²) in [4.78, 5) is 2.54. The van der Waals surface area contributed by atoms with Gasteiger partial charge in [0, 0.05) is 6.54 Å². The molecule has 0 spiro atoms. The number of likely N-dealkylation sites (tertiary alicyclic amines) is 1. The molecule has 2 nitrogen and oxygen atoms in total. The Morgan fingerprint density at radius 3 is 2.24 bits per heavy atom. The van der Waals surface area contributed by atoms with Gasteiger partial charge in [-0.1, -0.05) is 42.5 Å². The zero-order valence-electron chi connectivity index (χ0n) is 12.2. The van der Waals surface area contributed by atoms with Gasteiger partial charge in [0.2, 0.25) is 0 Å². The van der Waals surface area contributed by atoms with Crippen LogP contribution in [0.2, 0.25) is 0 Å². The molecule has 0 unspecified atom stereocenters. The van der Waals surface area contributed by atoms with Crippen molar-refractivity contribution in [3.8, 4) is 6.07 Å². The van der Waals surface area contributed by atoms with Crippen LogP contribution in [0, 0.1) is 11.3 Å². The molecule has 1 fully saturated rings. The van der Waals surface area contributed by atoms with E-state index in [9.17, 15) is 0 Å². The smallest absolute Gasteiger partial charge is 0.0991 e. The van der Waals surface area contributed by atoms with Crippen LogP contribution < -0.4 is 0 Å². The van der Waals surface area contributed by atoms with E-state index in [0.717, 1.165) is 25.2 Å². The lowest BCUT2D eigenvalue weighted by atomic mass is 9.89. The monoisotopic (exact) mass is 276 g/mol. The van der Waals surface area contributed by atoms with Crippen LogP contribution in [-0.4, -0.2) is 18.0 Å².